The van der Waals surface area contributed by atoms with Crippen molar-refractivity contribution in [3.05, 3.63) is 58.7 Å². The van der Waals surface area contributed by atoms with Gasteiger partial charge in [-0.1, -0.05) is 30.3 Å². The maximum atomic E-state index is 2.41. The lowest BCUT2D eigenvalue weighted by Crippen LogP contribution is -2.29. The number of hydrogen-bond acceptors (Lipinski definition) is 3. The molecule has 0 amide bonds. The van der Waals surface area contributed by atoms with E-state index in [4.69, 9.17) is 0 Å². The van der Waals surface area contributed by atoms with E-state index in [0.29, 0.717) is 0 Å². The Hall–Kier alpha value is -1.68. The highest BCUT2D eigenvalue weighted by atomic mass is 15.3. The van der Waals surface area contributed by atoms with Gasteiger partial charge in [-0.3, -0.25) is 9.80 Å². The quantitative estimate of drug-likeness (QED) is 0.645. The fourth-order valence-electron chi connectivity index (χ4n) is 3.79. The molecule has 0 atom stereocenters. The lowest BCUT2D eigenvalue weighted by Gasteiger charge is -2.23. The Kier molecular flexibility index (Phi) is 5.04. The minimum atomic E-state index is 0.969. The van der Waals surface area contributed by atoms with E-state index in [-0.39, 0.29) is 0 Å². The Morgan fingerprint density at radius 2 is 1.58 bits per heavy atom. The van der Waals surface area contributed by atoms with Gasteiger partial charge in [0.1, 0.15) is 0 Å². The summed E-state index contributed by atoms with van der Waals surface area (Å²) in [6.45, 7) is 2.95. The Labute approximate surface area is 146 Å². The molecule has 2 aromatic carbocycles. The van der Waals surface area contributed by atoms with Crippen LogP contribution in [0.4, 0.5) is 0 Å². The highest BCUT2D eigenvalue weighted by molar-refractivity contribution is 5.78. The molecule has 2 aromatic rings. The maximum Gasteiger partial charge on any atom is 0.0501 e. The van der Waals surface area contributed by atoms with Gasteiger partial charge in [0.15, 0.2) is 0 Å². The molecule has 0 saturated heterocycles. The molecule has 1 aliphatic carbocycles. The molecule has 0 fully saturated rings. The van der Waals surface area contributed by atoms with Crippen LogP contribution >= 0.6 is 0 Å². The van der Waals surface area contributed by atoms with Gasteiger partial charge < -0.3 is 4.90 Å². The van der Waals surface area contributed by atoms with Crippen molar-refractivity contribution < 1.29 is 0 Å². The average Bonchev–Trinajstić information content (AvgIpc) is 2.85. The highest BCUT2D eigenvalue weighted by Gasteiger charge is 2.22. The van der Waals surface area contributed by atoms with Crippen LogP contribution in [-0.4, -0.2) is 56.6 Å². The van der Waals surface area contributed by atoms with Crippen LogP contribution in [0.2, 0.25) is 0 Å². The zero-order valence-corrected chi connectivity index (χ0v) is 15.6. The molecule has 0 bridgehead atoms. The number of nitrogens with zero attached hydrogens (tertiary/aromatic N) is 3. The van der Waals surface area contributed by atoms with Gasteiger partial charge in [0.05, 0.1) is 6.67 Å². The summed E-state index contributed by atoms with van der Waals surface area (Å²) in [6.07, 6.45) is 1.07. The van der Waals surface area contributed by atoms with Gasteiger partial charge in [-0.05, 0) is 81.1 Å². The van der Waals surface area contributed by atoms with E-state index >= 15 is 0 Å². The molecule has 0 unspecified atom stereocenters. The van der Waals surface area contributed by atoms with E-state index < -0.39 is 0 Å². The molecule has 1 aliphatic rings. The van der Waals surface area contributed by atoms with Crippen molar-refractivity contribution in [1.82, 2.24) is 14.7 Å². The standard InChI is InChI=1S/C21H29N3/c1-22(2)14-18-10-16(13-24(5)15-23(3)4)11-21-19-9-7-6-8-17(19)12-20(18)21/h6-11H,12-15H2,1-5H3. The van der Waals surface area contributed by atoms with Crippen LogP contribution in [0.25, 0.3) is 11.1 Å². The van der Waals surface area contributed by atoms with E-state index in [0.717, 1.165) is 26.2 Å². The van der Waals surface area contributed by atoms with Gasteiger partial charge in [0, 0.05) is 13.1 Å². The third-order valence-electron chi connectivity index (χ3n) is 4.54. The number of benzene rings is 2. The molecule has 128 valence electrons. The zero-order chi connectivity index (χ0) is 17.3. The van der Waals surface area contributed by atoms with Gasteiger partial charge in [0.25, 0.3) is 0 Å². The van der Waals surface area contributed by atoms with Gasteiger partial charge in [-0.15, -0.1) is 0 Å². The Bertz CT molecular complexity index is 719. The summed E-state index contributed by atoms with van der Waals surface area (Å²) in [6, 6.07) is 13.7. The molecule has 0 saturated carbocycles. The fourth-order valence-corrected chi connectivity index (χ4v) is 3.79. The predicted octanol–water partition coefficient (Wildman–Crippen LogP) is 3.27. The molecule has 0 aromatic heterocycles. The Morgan fingerprint density at radius 1 is 0.833 bits per heavy atom. The normalized spacial score (nSPS) is 13.0. The van der Waals surface area contributed by atoms with E-state index in [9.17, 15) is 0 Å². The molecule has 0 heterocycles. The van der Waals surface area contributed by atoms with E-state index in [1.807, 2.05) is 0 Å². The van der Waals surface area contributed by atoms with Crippen LogP contribution in [0, 0.1) is 0 Å². The van der Waals surface area contributed by atoms with Crippen molar-refractivity contribution in [2.24, 2.45) is 0 Å². The van der Waals surface area contributed by atoms with Crippen molar-refractivity contribution >= 4 is 0 Å². The number of fused-ring (bicyclic) bond motifs is 3. The van der Waals surface area contributed by atoms with Crippen molar-refractivity contribution in [2.45, 2.75) is 19.5 Å². The fraction of sp³-hybridized carbons (Fsp3) is 0.429. The van der Waals surface area contributed by atoms with Crippen LogP contribution in [0.15, 0.2) is 36.4 Å². The van der Waals surface area contributed by atoms with E-state index in [2.05, 4.69) is 86.3 Å². The SMILES string of the molecule is CN(C)Cc1cc(CN(C)CN(C)C)cc2c1Cc1ccccc1-2. The topological polar surface area (TPSA) is 9.72 Å². The molecule has 0 spiro atoms. The predicted molar refractivity (Wildman–Crippen MR) is 102 cm³/mol. The summed E-state index contributed by atoms with van der Waals surface area (Å²) in [4.78, 5) is 6.84. The molecule has 0 aliphatic heterocycles. The maximum absolute atomic E-state index is 2.41. The summed E-state index contributed by atoms with van der Waals surface area (Å²) in [7, 11) is 10.7. The zero-order valence-electron chi connectivity index (χ0n) is 15.6. The van der Waals surface area contributed by atoms with Crippen LogP contribution in [0.5, 0.6) is 0 Å². The molecule has 24 heavy (non-hydrogen) atoms. The second-order valence-electron chi connectivity index (χ2n) is 7.59. The monoisotopic (exact) mass is 323 g/mol. The minimum Gasteiger partial charge on any atom is -0.305 e. The van der Waals surface area contributed by atoms with Crippen molar-refractivity contribution in [2.75, 3.05) is 41.9 Å². The van der Waals surface area contributed by atoms with Crippen molar-refractivity contribution in [3.63, 3.8) is 0 Å². The lowest BCUT2D eigenvalue weighted by atomic mass is 9.97. The summed E-state index contributed by atoms with van der Waals surface area (Å²) in [5.41, 5.74) is 8.73. The molecule has 3 heteroatoms. The summed E-state index contributed by atoms with van der Waals surface area (Å²) >= 11 is 0. The molecular weight excluding hydrogens is 294 g/mol. The van der Waals surface area contributed by atoms with Gasteiger partial charge >= 0.3 is 0 Å². The van der Waals surface area contributed by atoms with Crippen LogP contribution in [0.3, 0.4) is 0 Å². The molecule has 3 nitrogen and oxygen atoms in total. The van der Waals surface area contributed by atoms with E-state index in [1.54, 1.807) is 0 Å². The van der Waals surface area contributed by atoms with Gasteiger partial charge in [-0.2, -0.15) is 0 Å². The average molecular weight is 323 g/mol. The summed E-state index contributed by atoms with van der Waals surface area (Å²) in [5, 5.41) is 0. The third-order valence-corrected chi connectivity index (χ3v) is 4.54. The molecular formula is C21H29N3. The first-order chi connectivity index (χ1) is 11.4. The molecule has 3 rings (SSSR count). The van der Waals surface area contributed by atoms with Gasteiger partial charge in [0.2, 0.25) is 0 Å². The highest BCUT2D eigenvalue weighted by Crippen LogP contribution is 2.39. The van der Waals surface area contributed by atoms with Gasteiger partial charge in [-0.25, -0.2) is 0 Å². The first-order valence-corrected chi connectivity index (χ1v) is 8.65. The first kappa shape index (κ1) is 17.2. The molecule has 0 N–H and O–H groups in total. The number of rotatable bonds is 6. The van der Waals surface area contributed by atoms with Crippen LogP contribution < -0.4 is 0 Å². The van der Waals surface area contributed by atoms with Crippen LogP contribution in [0.1, 0.15) is 22.3 Å². The Balaban J connectivity index is 1.97. The first-order valence-electron chi connectivity index (χ1n) is 8.65. The Morgan fingerprint density at radius 3 is 2.29 bits per heavy atom. The van der Waals surface area contributed by atoms with E-state index in [1.165, 1.54) is 33.4 Å². The molecule has 0 radical (unpaired) electrons. The number of hydrogen-bond donors (Lipinski definition) is 0. The smallest absolute Gasteiger partial charge is 0.0501 e. The van der Waals surface area contributed by atoms with Crippen molar-refractivity contribution in [1.29, 1.82) is 0 Å². The second kappa shape index (κ2) is 7.06. The minimum absolute atomic E-state index is 0.969. The largest absolute Gasteiger partial charge is 0.305 e. The summed E-state index contributed by atoms with van der Waals surface area (Å²) in [5.74, 6) is 0. The third kappa shape index (κ3) is 3.69. The lowest BCUT2D eigenvalue weighted by molar-refractivity contribution is 0.204. The summed E-state index contributed by atoms with van der Waals surface area (Å²) < 4.78 is 0. The van der Waals surface area contributed by atoms with Crippen LogP contribution in [-0.2, 0) is 19.5 Å². The van der Waals surface area contributed by atoms with Crippen molar-refractivity contribution in [3.8, 4) is 11.1 Å². The second-order valence-corrected chi connectivity index (χ2v) is 7.59.